The summed E-state index contributed by atoms with van der Waals surface area (Å²) in [5, 5.41) is 11.3. The number of hydrogen-bond donors (Lipinski definition) is 1. The van der Waals surface area contributed by atoms with Crippen molar-refractivity contribution in [3.63, 3.8) is 0 Å². The molecule has 1 aromatic carbocycles. The summed E-state index contributed by atoms with van der Waals surface area (Å²) in [5.74, 6) is 0.408. The first-order chi connectivity index (χ1) is 8.06. The van der Waals surface area contributed by atoms with Gasteiger partial charge in [-0.2, -0.15) is 10.1 Å². The molecule has 1 aromatic heterocycles. The van der Waals surface area contributed by atoms with E-state index in [4.69, 9.17) is 46.4 Å². The van der Waals surface area contributed by atoms with Crippen molar-refractivity contribution in [1.29, 1.82) is 0 Å². The summed E-state index contributed by atoms with van der Waals surface area (Å²) in [6, 6.07) is 3.12. The first-order valence-corrected chi connectivity index (χ1v) is 5.84. The Kier molecular flexibility index (Phi) is 3.89. The molecular formula is C9H4Cl4N4. The topological polar surface area (TPSA) is 50.7 Å². The molecule has 0 saturated carbocycles. The van der Waals surface area contributed by atoms with Gasteiger partial charge in [-0.3, -0.25) is 0 Å². The van der Waals surface area contributed by atoms with Crippen LogP contribution in [-0.2, 0) is 0 Å². The molecule has 0 bridgehead atoms. The Morgan fingerprint density at radius 1 is 0.941 bits per heavy atom. The molecule has 0 aliphatic heterocycles. The summed E-state index contributed by atoms with van der Waals surface area (Å²) in [4.78, 5) is 3.91. The number of rotatable bonds is 2. The number of hydrogen-bond acceptors (Lipinski definition) is 4. The molecule has 0 saturated heterocycles. The van der Waals surface area contributed by atoms with Gasteiger partial charge in [0.15, 0.2) is 5.82 Å². The van der Waals surface area contributed by atoms with Crippen LogP contribution in [0.1, 0.15) is 0 Å². The van der Waals surface area contributed by atoms with Crippen molar-refractivity contribution < 1.29 is 0 Å². The second-order valence-corrected chi connectivity index (χ2v) is 4.54. The van der Waals surface area contributed by atoms with Crippen molar-refractivity contribution in [2.24, 2.45) is 0 Å². The highest BCUT2D eigenvalue weighted by molar-refractivity contribution is 6.44. The standard InChI is InChI=1S/C9H4Cl4N4/c10-4-1-6(12)7(2-5(4)11)15-8-3-14-17-9(13)16-8/h1-3H,(H,15,16,17). The lowest BCUT2D eigenvalue weighted by Gasteiger charge is -2.08. The average molecular weight is 310 g/mol. The van der Waals surface area contributed by atoms with Gasteiger partial charge in [0.2, 0.25) is 5.28 Å². The largest absolute Gasteiger partial charge is 0.338 e. The Bertz CT molecular complexity index is 561. The van der Waals surface area contributed by atoms with Gasteiger partial charge in [0.05, 0.1) is 27.0 Å². The molecule has 0 spiro atoms. The molecule has 0 radical (unpaired) electrons. The van der Waals surface area contributed by atoms with E-state index >= 15 is 0 Å². The van der Waals surface area contributed by atoms with Crippen molar-refractivity contribution in [2.45, 2.75) is 0 Å². The zero-order chi connectivity index (χ0) is 12.4. The van der Waals surface area contributed by atoms with Gasteiger partial charge >= 0.3 is 0 Å². The molecule has 0 unspecified atom stereocenters. The van der Waals surface area contributed by atoms with Crippen LogP contribution in [-0.4, -0.2) is 15.2 Å². The Morgan fingerprint density at radius 3 is 2.35 bits per heavy atom. The van der Waals surface area contributed by atoms with Gasteiger partial charge in [-0.15, -0.1) is 5.10 Å². The van der Waals surface area contributed by atoms with Crippen LogP contribution in [0.25, 0.3) is 0 Å². The van der Waals surface area contributed by atoms with E-state index in [0.29, 0.717) is 26.6 Å². The second kappa shape index (κ2) is 5.23. The molecule has 1 heterocycles. The van der Waals surface area contributed by atoms with E-state index in [1.54, 1.807) is 6.07 Å². The molecule has 1 N–H and O–H groups in total. The smallest absolute Gasteiger partial charge is 0.244 e. The monoisotopic (exact) mass is 308 g/mol. The van der Waals surface area contributed by atoms with Crippen LogP contribution in [0, 0.1) is 0 Å². The number of nitrogens with zero attached hydrogens (tertiary/aromatic N) is 3. The first kappa shape index (κ1) is 12.6. The summed E-state index contributed by atoms with van der Waals surface area (Å²) in [6.07, 6.45) is 1.41. The van der Waals surface area contributed by atoms with Crippen molar-refractivity contribution in [2.75, 3.05) is 5.32 Å². The fourth-order valence-corrected chi connectivity index (χ4v) is 1.83. The van der Waals surface area contributed by atoms with Crippen LogP contribution in [0.5, 0.6) is 0 Å². The third-order valence-electron chi connectivity index (χ3n) is 1.81. The molecule has 88 valence electrons. The molecule has 17 heavy (non-hydrogen) atoms. The normalized spacial score (nSPS) is 10.4. The van der Waals surface area contributed by atoms with Gasteiger partial charge in [0, 0.05) is 0 Å². The predicted octanol–water partition coefficient (Wildman–Crippen LogP) is 4.23. The Hall–Kier alpha value is -0.810. The maximum atomic E-state index is 5.99. The van der Waals surface area contributed by atoms with Crippen LogP contribution in [0.3, 0.4) is 0 Å². The van der Waals surface area contributed by atoms with E-state index in [-0.39, 0.29) is 5.28 Å². The quantitative estimate of drug-likeness (QED) is 0.843. The van der Waals surface area contributed by atoms with Crippen LogP contribution in [0.15, 0.2) is 18.3 Å². The van der Waals surface area contributed by atoms with E-state index in [2.05, 4.69) is 20.5 Å². The van der Waals surface area contributed by atoms with Crippen molar-refractivity contribution in [1.82, 2.24) is 15.2 Å². The third kappa shape index (κ3) is 3.10. The fourth-order valence-electron chi connectivity index (χ4n) is 1.10. The molecule has 4 nitrogen and oxygen atoms in total. The van der Waals surface area contributed by atoms with Crippen molar-refractivity contribution >= 4 is 57.9 Å². The molecule has 0 aliphatic carbocycles. The van der Waals surface area contributed by atoms with Crippen LogP contribution >= 0.6 is 46.4 Å². The van der Waals surface area contributed by atoms with Crippen molar-refractivity contribution in [3.05, 3.63) is 38.7 Å². The lowest BCUT2D eigenvalue weighted by Crippen LogP contribution is -1.97. The first-order valence-electron chi connectivity index (χ1n) is 4.33. The summed E-state index contributed by atoms with van der Waals surface area (Å²) in [6.45, 7) is 0. The van der Waals surface area contributed by atoms with E-state index in [0.717, 1.165) is 0 Å². The summed E-state index contributed by atoms with van der Waals surface area (Å²) >= 11 is 23.3. The summed E-state index contributed by atoms with van der Waals surface area (Å²) < 4.78 is 0. The maximum Gasteiger partial charge on any atom is 0.244 e. The molecular weight excluding hydrogens is 306 g/mol. The highest BCUT2D eigenvalue weighted by atomic mass is 35.5. The lowest BCUT2D eigenvalue weighted by atomic mass is 10.3. The van der Waals surface area contributed by atoms with E-state index in [9.17, 15) is 0 Å². The number of anilines is 2. The Morgan fingerprint density at radius 2 is 1.65 bits per heavy atom. The van der Waals surface area contributed by atoms with Gasteiger partial charge in [0.1, 0.15) is 0 Å². The van der Waals surface area contributed by atoms with E-state index in [1.165, 1.54) is 12.3 Å². The average Bonchev–Trinajstić information content (AvgIpc) is 2.26. The summed E-state index contributed by atoms with van der Waals surface area (Å²) in [7, 11) is 0. The van der Waals surface area contributed by atoms with Gasteiger partial charge in [-0.1, -0.05) is 34.8 Å². The van der Waals surface area contributed by atoms with Gasteiger partial charge < -0.3 is 5.32 Å². The Labute approximate surface area is 117 Å². The van der Waals surface area contributed by atoms with Crippen molar-refractivity contribution in [3.8, 4) is 0 Å². The molecule has 0 amide bonds. The van der Waals surface area contributed by atoms with Crippen LogP contribution in [0.4, 0.5) is 11.5 Å². The number of nitrogens with one attached hydrogen (secondary N) is 1. The highest BCUT2D eigenvalue weighted by Crippen LogP contribution is 2.33. The molecule has 2 rings (SSSR count). The van der Waals surface area contributed by atoms with Gasteiger partial charge in [-0.25, -0.2) is 0 Å². The molecule has 0 fully saturated rings. The van der Waals surface area contributed by atoms with E-state index in [1.807, 2.05) is 0 Å². The minimum Gasteiger partial charge on any atom is -0.338 e. The molecule has 0 aliphatic rings. The lowest BCUT2D eigenvalue weighted by molar-refractivity contribution is 0.974. The van der Waals surface area contributed by atoms with Gasteiger partial charge in [0.25, 0.3) is 0 Å². The molecule has 8 heteroatoms. The minimum atomic E-state index is 0.0335. The minimum absolute atomic E-state index is 0.0335. The second-order valence-electron chi connectivity index (χ2n) is 2.98. The number of aromatic nitrogens is 3. The third-order valence-corrected chi connectivity index (χ3v) is 3.00. The van der Waals surface area contributed by atoms with Crippen LogP contribution in [0.2, 0.25) is 20.4 Å². The van der Waals surface area contributed by atoms with Crippen LogP contribution < -0.4 is 5.32 Å². The SMILES string of the molecule is Clc1nncc(Nc2cc(Cl)c(Cl)cc2Cl)n1. The highest BCUT2D eigenvalue weighted by Gasteiger charge is 2.07. The molecule has 2 aromatic rings. The summed E-state index contributed by atoms with van der Waals surface area (Å²) in [5.41, 5.74) is 0.553. The fraction of sp³-hybridized carbons (Fsp3) is 0. The van der Waals surface area contributed by atoms with E-state index < -0.39 is 0 Å². The number of halogens is 4. The predicted molar refractivity (Wildman–Crippen MR) is 69.6 cm³/mol. The number of benzene rings is 1. The zero-order valence-electron chi connectivity index (χ0n) is 8.09. The zero-order valence-corrected chi connectivity index (χ0v) is 11.1. The molecule has 0 atom stereocenters. The maximum absolute atomic E-state index is 5.99. The van der Waals surface area contributed by atoms with Gasteiger partial charge in [-0.05, 0) is 23.7 Å². The Balaban J connectivity index is 2.33.